The van der Waals surface area contributed by atoms with Gasteiger partial charge in [0.2, 0.25) is 5.79 Å². The Kier molecular flexibility index (Phi) is 13.3. The fourth-order valence-corrected chi connectivity index (χ4v) is 9.11. The molecule has 2 aliphatic carbocycles. The molecule has 2 N–H and O–H groups in total. The molecule has 6 atom stereocenters. The zero-order valence-electron chi connectivity index (χ0n) is 30.8. The number of aliphatic hydroxyl groups is 2. The van der Waals surface area contributed by atoms with E-state index in [4.69, 9.17) is 28.9 Å². The molecule has 51 heavy (non-hydrogen) atoms. The van der Waals surface area contributed by atoms with E-state index in [1.54, 1.807) is 24.3 Å². The van der Waals surface area contributed by atoms with E-state index in [2.05, 4.69) is 25.6 Å². The maximum Gasteiger partial charge on any atom is 0.230 e. The van der Waals surface area contributed by atoms with Crippen LogP contribution in [0.15, 0.2) is 65.9 Å². The molecule has 1 heterocycles. The first kappa shape index (κ1) is 38.9. The molecule has 10 heteroatoms. The van der Waals surface area contributed by atoms with Gasteiger partial charge in [0.1, 0.15) is 28.6 Å². The highest BCUT2D eigenvalue weighted by molar-refractivity contribution is 8.00. The molecule has 1 fully saturated rings. The number of aldehydes is 1. The number of aliphatic hydroxyl groups excluding tert-OH is 2. The molecule has 278 valence electrons. The Labute approximate surface area is 307 Å². The summed E-state index contributed by atoms with van der Waals surface area (Å²) < 4.78 is 25.8. The zero-order valence-corrected chi connectivity index (χ0v) is 31.6. The van der Waals surface area contributed by atoms with Crippen LogP contribution in [0, 0.1) is 17.8 Å². The van der Waals surface area contributed by atoms with E-state index >= 15 is 0 Å². The van der Waals surface area contributed by atoms with Crippen molar-refractivity contribution in [1.29, 1.82) is 0 Å². The van der Waals surface area contributed by atoms with Gasteiger partial charge in [0.25, 0.3) is 0 Å². The maximum absolute atomic E-state index is 11.8. The van der Waals surface area contributed by atoms with Gasteiger partial charge in [-0.3, -0.25) is 4.79 Å². The van der Waals surface area contributed by atoms with Gasteiger partial charge in [0.15, 0.2) is 6.29 Å². The second-order valence-corrected chi connectivity index (χ2v) is 16.0. The molecule has 6 unspecified atom stereocenters. The van der Waals surface area contributed by atoms with Crippen molar-refractivity contribution in [1.82, 2.24) is 0 Å². The number of oxime groups is 1. The molecule has 0 radical (unpaired) electrons. The average molecular weight is 722 g/mol. The Balaban J connectivity index is 1.71. The van der Waals surface area contributed by atoms with Gasteiger partial charge in [-0.25, -0.2) is 0 Å². The Hall–Kier alpha value is -3.31. The smallest absolute Gasteiger partial charge is 0.230 e. The Morgan fingerprint density at radius 1 is 1.06 bits per heavy atom. The molecule has 1 saturated carbocycles. The Morgan fingerprint density at radius 3 is 2.45 bits per heavy atom. The van der Waals surface area contributed by atoms with Crippen molar-refractivity contribution in [2.45, 2.75) is 95.2 Å². The molecule has 5 rings (SSSR count). The molecule has 2 aromatic rings. The third kappa shape index (κ3) is 8.67. The summed E-state index contributed by atoms with van der Waals surface area (Å²) >= 11 is 1.82. The van der Waals surface area contributed by atoms with Gasteiger partial charge >= 0.3 is 0 Å². The SMILES string of the molecule is C=CCOC12Oc3ccc(Oc4ccc(OC)c(C=O)c4)cc3C3C(CCCCO)C(CCCCO)C=C(C(=NOC(C)(C)C)CC1SCC)C32. The summed E-state index contributed by atoms with van der Waals surface area (Å²) in [5.74, 6) is 2.38. The summed E-state index contributed by atoms with van der Waals surface area (Å²) in [6.07, 6.45) is 10.6. The van der Waals surface area contributed by atoms with Crippen LogP contribution in [0.5, 0.6) is 23.0 Å². The molecule has 2 aromatic carbocycles. The zero-order chi connectivity index (χ0) is 36.6. The lowest BCUT2D eigenvalue weighted by Gasteiger charge is -2.58. The van der Waals surface area contributed by atoms with Crippen molar-refractivity contribution in [2.24, 2.45) is 22.9 Å². The van der Waals surface area contributed by atoms with E-state index in [-0.39, 0.29) is 42.1 Å². The van der Waals surface area contributed by atoms with Crippen LogP contribution >= 0.6 is 11.8 Å². The van der Waals surface area contributed by atoms with Crippen LogP contribution in [0.25, 0.3) is 0 Å². The second-order valence-electron chi connectivity index (χ2n) is 14.5. The van der Waals surface area contributed by atoms with Crippen LogP contribution in [-0.2, 0) is 9.57 Å². The third-order valence-corrected chi connectivity index (χ3v) is 11.2. The number of allylic oxidation sites excluding steroid dienone is 1. The van der Waals surface area contributed by atoms with Crippen LogP contribution in [0.2, 0.25) is 0 Å². The minimum atomic E-state index is -0.998. The standard InChI is InChI=1S/C41H55NO8S/c1-7-21-47-41-37(51-8-2)25-34(42-50-40(3,4)5)32-23-27(13-9-11-19-43)31(14-10-12-20-44)38(39(32)41)33-24-30(16-18-36(33)49-41)48-29-15-17-35(46-6)28(22-29)26-45/h7,15-18,22-24,26-27,31,37-39,43-44H,1,8-14,19-21,25H2,2-6H3. The predicted octanol–water partition coefficient (Wildman–Crippen LogP) is 8.49. The summed E-state index contributed by atoms with van der Waals surface area (Å²) in [4.78, 5) is 17.9. The first-order chi connectivity index (χ1) is 24.6. The Bertz CT molecular complexity index is 1570. The van der Waals surface area contributed by atoms with Crippen molar-refractivity contribution in [3.63, 3.8) is 0 Å². The Morgan fingerprint density at radius 2 is 1.78 bits per heavy atom. The van der Waals surface area contributed by atoms with E-state index in [9.17, 15) is 15.0 Å². The number of benzene rings is 2. The number of thioether (sulfide) groups is 1. The van der Waals surface area contributed by atoms with Crippen molar-refractivity contribution in [3.8, 4) is 23.0 Å². The number of hydrogen-bond donors (Lipinski definition) is 2. The monoisotopic (exact) mass is 721 g/mol. The number of hydrogen-bond acceptors (Lipinski definition) is 10. The van der Waals surface area contributed by atoms with Crippen LogP contribution in [0.1, 0.15) is 94.5 Å². The molecule has 3 aliphatic rings. The highest BCUT2D eigenvalue weighted by Crippen LogP contribution is 2.62. The van der Waals surface area contributed by atoms with Gasteiger partial charge in [-0.2, -0.15) is 11.8 Å². The van der Waals surface area contributed by atoms with E-state index in [0.29, 0.717) is 35.8 Å². The van der Waals surface area contributed by atoms with Crippen LogP contribution in [0.4, 0.5) is 0 Å². The van der Waals surface area contributed by atoms with Gasteiger partial charge in [0.05, 0.1) is 36.2 Å². The number of carbonyl (C=O) groups is 1. The molecule has 9 nitrogen and oxygen atoms in total. The van der Waals surface area contributed by atoms with Gasteiger partial charge in [-0.15, -0.1) is 6.58 Å². The van der Waals surface area contributed by atoms with Gasteiger partial charge in [-0.1, -0.05) is 37.1 Å². The number of nitrogens with zero attached hydrogens (tertiary/aromatic N) is 1. The van der Waals surface area contributed by atoms with Gasteiger partial charge in [-0.05, 0) is 106 Å². The van der Waals surface area contributed by atoms with E-state index in [0.717, 1.165) is 73.2 Å². The van der Waals surface area contributed by atoms with Crippen LogP contribution < -0.4 is 14.2 Å². The highest BCUT2D eigenvalue weighted by Gasteiger charge is 2.63. The number of fused-ring (bicyclic) bond motifs is 2. The van der Waals surface area contributed by atoms with Crippen LogP contribution in [-0.4, -0.2) is 71.5 Å². The molecule has 1 aliphatic heterocycles. The van der Waals surface area contributed by atoms with Crippen molar-refractivity contribution in [3.05, 3.63) is 71.8 Å². The van der Waals surface area contributed by atoms with E-state index < -0.39 is 11.4 Å². The minimum Gasteiger partial charge on any atom is -0.496 e. The minimum absolute atomic E-state index is 0.0403. The summed E-state index contributed by atoms with van der Waals surface area (Å²) in [7, 11) is 1.53. The second kappa shape index (κ2) is 17.5. The topological polar surface area (TPSA) is 116 Å². The number of ether oxygens (including phenoxy) is 4. The molecule has 0 bridgehead atoms. The molecular formula is C41H55NO8S. The highest BCUT2D eigenvalue weighted by atomic mass is 32.2. The van der Waals surface area contributed by atoms with Crippen molar-refractivity contribution in [2.75, 3.05) is 32.7 Å². The van der Waals surface area contributed by atoms with E-state index in [1.165, 1.54) is 7.11 Å². The van der Waals surface area contributed by atoms with E-state index in [1.807, 2.05) is 44.7 Å². The largest absolute Gasteiger partial charge is 0.496 e. The maximum atomic E-state index is 11.8. The molecule has 0 spiro atoms. The molecule has 0 amide bonds. The summed E-state index contributed by atoms with van der Waals surface area (Å²) in [6.45, 7) is 12.8. The average Bonchev–Trinajstić information content (AvgIpc) is 3.11. The lowest BCUT2D eigenvalue weighted by Crippen LogP contribution is -2.64. The normalized spacial score (nSPS) is 26.0. The molecule has 0 aromatic heterocycles. The predicted molar refractivity (Wildman–Crippen MR) is 202 cm³/mol. The summed E-state index contributed by atoms with van der Waals surface area (Å²) in [5.41, 5.74) is 2.98. The number of methoxy groups -OCH3 is 1. The van der Waals surface area contributed by atoms with Crippen molar-refractivity contribution < 1.29 is 38.8 Å². The first-order valence-corrected chi connectivity index (χ1v) is 19.4. The molecular weight excluding hydrogens is 667 g/mol. The summed E-state index contributed by atoms with van der Waals surface area (Å²) in [5, 5.41) is 24.3. The van der Waals surface area contributed by atoms with Gasteiger partial charge in [0, 0.05) is 31.1 Å². The molecule has 0 saturated heterocycles. The lowest BCUT2D eigenvalue weighted by molar-refractivity contribution is -0.223. The summed E-state index contributed by atoms with van der Waals surface area (Å²) in [6, 6.07) is 11.2. The first-order valence-electron chi connectivity index (χ1n) is 18.3. The fraction of sp³-hybridized carbons (Fsp3) is 0.561. The third-order valence-electron chi connectivity index (χ3n) is 9.98. The van der Waals surface area contributed by atoms with Gasteiger partial charge < -0.3 is 34.0 Å². The number of carbonyl (C=O) groups excluding carboxylic acids is 1. The lowest BCUT2D eigenvalue weighted by atomic mass is 9.56. The van der Waals surface area contributed by atoms with Crippen LogP contribution in [0.3, 0.4) is 0 Å². The quantitative estimate of drug-likeness (QED) is 0.0677. The number of unbranched alkanes of at least 4 members (excludes halogenated alkanes) is 2. The van der Waals surface area contributed by atoms with Crippen molar-refractivity contribution >= 4 is 23.8 Å². The fourth-order valence-electron chi connectivity index (χ4n) is 7.94. The number of rotatable bonds is 18.